The Morgan fingerprint density at radius 1 is 1.17 bits per heavy atom. The van der Waals surface area contributed by atoms with E-state index in [0.717, 1.165) is 17.9 Å². The average molecular weight is 254 g/mol. The summed E-state index contributed by atoms with van der Waals surface area (Å²) in [6, 6.07) is 0.742. The molecule has 0 saturated heterocycles. The minimum absolute atomic E-state index is 0.473. The molecule has 3 atom stereocenters. The second-order valence-corrected chi connectivity index (χ2v) is 7.46. The lowest BCUT2D eigenvalue weighted by atomic mass is 9.67. The van der Waals surface area contributed by atoms with E-state index < -0.39 is 0 Å². The Bertz CT molecular complexity index is 230. The first-order valence-corrected chi connectivity index (χ1v) is 7.72. The van der Waals surface area contributed by atoms with Gasteiger partial charge in [-0.25, -0.2) is 0 Å². The molecule has 0 bridgehead atoms. The number of rotatable bonds is 5. The molecule has 0 aromatic carbocycles. The zero-order valence-electron chi connectivity index (χ0n) is 13.4. The fourth-order valence-corrected chi connectivity index (χ4v) is 3.32. The highest BCUT2D eigenvalue weighted by Gasteiger charge is 2.35. The first-order chi connectivity index (χ1) is 8.34. The highest BCUT2D eigenvalue weighted by molar-refractivity contribution is 4.89. The van der Waals surface area contributed by atoms with Crippen LogP contribution in [0.5, 0.6) is 0 Å². The van der Waals surface area contributed by atoms with Crippen molar-refractivity contribution in [3.8, 4) is 0 Å². The predicted molar refractivity (Wildman–Crippen MR) is 80.9 cm³/mol. The van der Waals surface area contributed by atoms with Gasteiger partial charge in [0, 0.05) is 12.6 Å². The summed E-state index contributed by atoms with van der Waals surface area (Å²) in [7, 11) is 4.41. The minimum atomic E-state index is 0.473. The van der Waals surface area contributed by atoms with Gasteiger partial charge in [0.1, 0.15) is 0 Å². The molecule has 1 N–H and O–H groups in total. The van der Waals surface area contributed by atoms with Crippen molar-refractivity contribution in [1.29, 1.82) is 0 Å². The molecule has 0 radical (unpaired) electrons. The zero-order valence-corrected chi connectivity index (χ0v) is 13.4. The van der Waals surface area contributed by atoms with Crippen LogP contribution in [0.1, 0.15) is 53.4 Å². The minimum Gasteiger partial charge on any atom is -0.314 e. The van der Waals surface area contributed by atoms with Crippen LogP contribution in [0.4, 0.5) is 0 Å². The molecule has 18 heavy (non-hydrogen) atoms. The van der Waals surface area contributed by atoms with Crippen molar-refractivity contribution in [2.45, 2.75) is 59.4 Å². The molecular weight excluding hydrogens is 220 g/mol. The third-order valence-electron chi connectivity index (χ3n) is 4.46. The highest BCUT2D eigenvalue weighted by atomic mass is 15.1. The summed E-state index contributed by atoms with van der Waals surface area (Å²) >= 11 is 0. The van der Waals surface area contributed by atoms with Crippen molar-refractivity contribution in [2.24, 2.45) is 17.3 Å². The number of hydrogen-bond donors (Lipinski definition) is 1. The molecule has 1 fully saturated rings. The van der Waals surface area contributed by atoms with Crippen LogP contribution >= 0.6 is 0 Å². The van der Waals surface area contributed by atoms with E-state index in [-0.39, 0.29) is 0 Å². The van der Waals surface area contributed by atoms with E-state index in [4.69, 9.17) is 0 Å². The number of nitrogens with one attached hydrogen (secondary N) is 1. The Labute approximate surface area is 115 Å². The summed E-state index contributed by atoms with van der Waals surface area (Å²) in [4.78, 5) is 2.36. The summed E-state index contributed by atoms with van der Waals surface area (Å²) in [5, 5.41) is 3.77. The van der Waals surface area contributed by atoms with Crippen molar-refractivity contribution in [3.63, 3.8) is 0 Å². The molecule has 0 aromatic rings. The SMILES string of the molecule is CCCNC1CCC(C(C)(C)C)CC1CN(C)C. The first kappa shape index (κ1) is 16.0. The molecule has 3 unspecified atom stereocenters. The topological polar surface area (TPSA) is 15.3 Å². The summed E-state index contributed by atoms with van der Waals surface area (Å²) in [5.74, 6) is 1.71. The Balaban J connectivity index is 2.60. The summed E-state index contributed by atoms with van der Waals surface area (Å²) in [6.07, 6.45) is 5.40. The van der Waals surface area contributed by atoms with Crippen LogP contribution in [-0.4, -0.2) is 38.1 Å². The van der Waals surface area contributed by atoms with Gasteiger partial charge in [-0.05, 0) is 63.6 Å². The zero-order chi connectivity index (χ0) is 13.8. The molecule has 1 rings (SSSR count). The Morgan fingerprint density at radius 3 is 2.33 bits per heavy atom. The normalized spacial score (nSPS) is 29.8. The monoisotopic (exact) mass is 254 g/mol. The van der Waals surface area contributed by atoms with Gasteiger partial charge in [-0.3, -0.25) is 0 Å². The van der Waals surface area contributed by atoms with Crippen LogP contribution in [0.15, 0.2) is 0 Å². The van der Waals surface area contributed by atoms with Crippen molar-refractivity contribution >= 4 is 0 Å². The van der Waals surface area contributed by atoms with Crippen LogP contribution in [0.25, 0.3) is 0 Å². The van der Waals surface area contributed by atoms with Gasteiger partial charge >= 0.3 is 0 Å². The molecule has 1 aliphatic carbocycles. The molecule has 0 spiro atoms. The van der Waals surface area contributed by atoms with Crippen LogP contribution in [-0.2, 0) is 0 Å². The standard InChI is InChI=1S/C16H34N2/c1-7-10-17-15-9-8-14(16(2,3)4)11-13(15)12-18(5)6/h13-15,17H,7-12H2,1-6H3. The second-order valence-electron chi connectivity index (χ2n) is 7.46. The van der Waals surface area contributed by atoms with Gasteiger partial charge in [0.25, 0.3) is 0 Å². The molecule has 0 aromatic heterocycles. The number of hydrogen-bond acceptors (Lipinski definition) is 2. The molecule has 2 nitrogen and oxygen atoms in total. The van der Waals surface area contributed by atoms with Gasteiger partial charge in [0.15, 0.2) is 0 Å². The van der Waals surface area contributed by atoms with E-state index >= 15 is 0 Å². The lowest BCUT2D eigenvalue weighted by Crippen LogP contribution is -2.46. The lowest BCUT2D eigenvalue weighted by Gasteiger charge is -2.43. The fraction of sp³-hybridized carbons (Fsp3) is 1.00. The van der Waals surface area contributed by atoms with Gasteiger partial charge in [-0.1, -0.05) is 27.7 Å². The maximum atomic E-state index is 3.77. The maximum Gasteiger partial charge on any atom is 0.0108 e. The lowest BCUT2D eigenvalue weighted by molar-refractivity contribution is 0.0983. The number of nitrogens with zero attached hydrogens (tertiary/aromatic N) is 1. The molecule has 1 aliphatic rings. The van der Waals surface area contributed by atoms with Crippen LogP contribution < -0.4 is 5.32 Å². The summed E-state index contributed by atoms with van der Waals surface area (Å²) < 4.78 is 0. The molecular formula is C16H34N2. The second kappa shape index (κ2) is 6.91. The molecule has 0 aliphatic heterocycles. The molecule has 0 amide bonds. The van der Waals surface area contributed by atoms with Crippen LogP contribution in [0, 0.1) is 17.3 Å². The Morgan fingerprint density at radius 2 is 1.83 bits per heavy atom. The Kier molecular flexibility index (Phi) is 6.13. The van der Waals surface area contributed by atoms with E-state index in [1.807, 2.05) is 0 Å². The van der Waals surface area contributed by atoms with Gasteiger partial charge in [0.2, 0.25) is 0 Å². The maximum absolute atomic E-state index is 3.77. The first-order valence-electron chi connectivity index (χ1n) is 7.72. The van der Waals surface area contributed by atoms with Crippen molar-refractivity contribution in [3.05, 3.63) is 0 Å². The van der Waals surface area contributed by atoms with E-state index in [9.17, 15) is 0 Å². The van der Waals surface area contributed by atoms with Gasteiger partial charge in [-0.15, -0.1) is 0 Å². The largest absolute Gasteiger partial charge is 0.314 e. The quantitative estimate of drug-likeness (QED) is 0.809. The molecule has 1 saturated carbocycles. The average Bonchev–Trinajstić information content (AvgIpc) is 2.25. The van der Waals surface area contributed by atoms with Crippen LogP contribution in [0.2, 0.25) is 0 Å². The van der Waals surface area contributed by atoms with E-state index in [1.165, 1.54) is 38.8 Å². The third-order valence-corrected chi connectivity index (χ3v) is 4.46. The Hall–Kier alpha value is -0.0800. The van der Waals surface area contributed by atoms with Crippen molar-refractivity contribution in [2.75, 3.05) is 27.2 Å². The smallest absolute Gasteiger partial charge is 0.0108 e. The molecule has 0 heterocycles. The third kappa shape index (κ3) is 4.89. The fourth-order valence-electron chi connectivity index (χ4n) is 3.32. The van der Waals surface area contributed by atoms with E-state index in [1.54, 1.807) is 0 Å². The highest BCUT2D eigenvalue weighted by Crippen LogP contribution is 2.40. The summed E-state index contributed by atoms with van der Waals surface area (Å²) in [5.41, 5.74) is 0.473. The van der Waals surface area contributed by atoms with Crippen molar-refractivity contribution < 1.29 is 0 Å². The van der Waals surface area contributed by atoms with Gasteiger partial charge in [-0.2, -0.15) is 0 Å². The van der Waals surface area contributed by atoms with E-state index in [0.29, 0.717) is 5.41 Å². The van der Waals surface area contributed by atoms with Gasteiger partial charge < -0.3 is 10.2 Å². The predicted octanol–water partition coefficient (Wildman–Crippen LogP) is 3.38. The van der Waals surface area contributed by atoms with E-state index in [2.05, 4.69) is 52.0 Å². The molecule has 2 heteroatoms. The van der Waals surface area contributed by atoms with Gasteiger partial charge in [0.05, 0.1) is 0 Å². The molecule has 108 valence electrons. The van der Waals surface area contributed by atoms with Crippen LogP contribution in [0.3, 0.4) is 0 Å². The summed E-state index contributed by atoms with van der Waals surface area (Å²) in [6.45, 7) is 11.9. The van der Waals surface area contributed by atoms with Crippen molar-refractivity contribution in [1.82, 2.24) is 10.2 Å².